The Hall–Kier alpha value is -2.82. The van der Waals surface area contributed by atoms with Crippen LogP contribution < -0.4 is 9.64 Å². The number of para-hydroxylation sites is 4. The van der Waals surface area contributed by atoms with Gasteiger partial charge in [0.25, 0.3) is 0 Å². The quantitative estimate of drug-likeness (QED) is 0.465. The van der Waals surface area contributed by atoms with Crippen molar-refractivity contribution in [2.24, 2.45) is 0 Å². The standard InChI is InChI=1S/C27H33NO3/c1-19(2)31-25-18-12-11-17-24(25)28(22-15-9-7-13-20(22)26(3,4)29)23-16-10-8-14-21(23)27(5,6)30/h7-19,29-30H,1-6H3. The van der Waals surface area contributed by atoms with Crippen molar-refractivity contribution in [3.05, 3.63) is 83.9 Å². The third kappa shape index (κ3) is 5.09. The van der Waals surface area contributed by atoms with E-state index < -0.39 is 11.2 Å². The Balaban J connectivity index is 2.38. The average molecular weight is 420 g/mol. The van der Waals surface area contributed by atoms with Gasteiger partial charge in [-0.1, -0.05) is 48.5 Å². The number of rotatable bonds is 7. The van der Waals surface area contributed by atoms with Crippen LogP contribution in [-0.2, 0) is 11.2 Å². The zero-order valence-corrected chi connectivity index (χ0v) is 19.3. The van der Waals surface area contributed by atoms with Crippen LogP contribution in [0.5, 0.6) is 5.75 Å². The Kier molecular flexibility index (Phi) is 6.44. The highest BCUT2D eigenvalue weighted by Crippen LogP contribution is 2.46. The monoisotopic (exact) mass is 419 g/mol. The number of nitrogens with zero attached hydrogens (tertiary/aromatic N) is 1. The van der Waals surface area contributed by atoms with Gasteiger partial charge >= 0.3 is 0 Å². The van der Waals surface area contributed by atoms with Crippen LogP contribution in [0.2, 0.25) is 0 Å². The molecule has 0 spiro atoms. The molecule has 0 bridgehead atoms. The fraction of sp³-hybridized carbons (Fsp3) is 0.333. The smallest absolute Gasteiger partial charge is 0.143 e. The van der Waals surface area contributed by atoms with Crippen LogP contribution in [0, 0.1) is 0 Å². The Morgan fingerprint density at radius 2 is 1.03 bits per heavy atom. The van der Waals surface area contributed by atoms with Gasteiger partial charge in [-0.25, -0.2) is 0 Å². The minimum absolute atomic E-state index is 0.00273. The van der Waals surface area contributed by atoms with Crippen LogP contribution in [0.1, 0.15) is 52.7 Å². The highest BCUT2D eigenvalue weighted by atomic mass is 16.5. The second-order valence-corrected chi connectivity index (χ2v) is 9.12. The van der Waals surface area contributed by atoms with Crippen molar-refractivity contribution in [1.82, 2.24) is 0 Å². The van der Waals surface area contributed by atoms with Gasteiger partial charge < -0.3 is 19.8 Å². The Bertz CT molecular complexity index is 971. The first-order valence-electron chi connectivity index (χ1n) is 10.7. The molecule has 3 aromatic rings. The second kappa shape index (κ2) is 8.74. The molecule has 0 radical (unpaired) electrons. The van der Waals surface area contributed by atoms with E-state index in [9.17, 15) is 10.2 Å². The molecule has 4 nitrogen and oxygen atoms in total. The summed E-state index contributed by atoms with van der Waals surface area (Å²) in [5.41, 5.74) is 1.92. The van der Waals surface area contributed by atoms with Crippen molar-refractivity contribution >= 4 is 17.1 Å². The number of hydrogen-bond acceptors (Lipinski definition) is 4. The summed E-state index contributed by atoms with van der Waals surface area (Å²) in [4.78, 5) is 2.07. The first-order valence-corrected chi connectivity index (χ1v) is 10.7. The summed E-state index contributed by atoms with van der Waals surface area (Å²) in [5.74, 6) is 0.730. The van der Waals surface area contributed by atoms with E-state index >= 15 is 0 Å². The van der Waals surface area contributed by atoms with Crippen LogP contribution in [-0.4, -0.2) is 16.3 Å². The maximum Gasteiger partial charge on any atom is 0.143 e. The maximum atomic E-state index is 10.9. The van der Waals surface area contributed by atoms with E-state index in [1.165, 1.54) is 0 Å². The molecule has 164 valence electrons. The first kappa shape index (κ1) is 22.9. The molecule has 0 fully saturated rings. The molecule has 0 heterocycles. The number of anilines is 3. The zero-order chi connectivity index (χ0) is 22.8. The van der Waals surface area contributed by atoms with Gasteiger partial charge in [-0.05, 0) is 65.8 Å². The number of benzene rings is 3. The predicted octanol–water partition coefficient (Wildman–Crippen LogP) is 6.40. The van der Waals surface area contributed by atoms with Gasteiger partial charge in [-0.2, -0.15) is 0 Å². The number of aliphatic hydroxyl groups is 2. The minimum Gasteiger partial charge on any atom is -0.489 e. The molecule has 0 amide bonds. The fourth-order valence-electron chi connectivity index (χ4n) is 3.76. The van der Waals surface area contributed by atoms with E-state index in [1.54, 1.807) is 27.7 Å². The number of hydrogen-bond donors (Lipinski definition) is 2. The van der Waals surface area contributed by atoms with Crippen LogP contribution in [0.25, 0.3) is 0 Å². The lowest BCUT2D eigenvalue weighted by Gasteiger charge is -2.35. The summed E-state index contributed by atoms with van der Waals surface area (Å²) in [7, 11) is 0. The average Bonchev–Trinajstić information content (AvgIpc) is 2.68. The molecular weight excluding hydrogens is 386 g/mol. The van der Waals surface area contributed by atoms with Crippen LogP contribution >= 0.6 is 0 Å². The fourth-order valence-corrected chi connectivity index (χ4v) is 3.76. The molecule has 3 rings (SSSR count). The van der Waals surface area contributed by atoms with Gasteiger partial charge in [-0.15, -0.1) is 0 Å². The third-order valence-corrected chi connectivity index (χ3v) is 5.08. The molecule has 0 aliphatic heterocycles. The molecule has 4 heteroatoms. The SMILES string of the molecule is CC(C)Oc1ccccc1N(c1ccccc1C(C)(C)O)c1ccccc1C(C)(C)O. The van der Waals surface area contributed by atoms with Crippen LogP contribution in [0.15, 0.2) is 72.8 Å². The summed E-state index contributed by atoms with van der Waals surface area (Å²) in [6, 6.07) is 23.5. The van der Waals surface area contributed by atoms with E-state index in [0.717, 1.165) is 33.9 Å². The van der Waals surface area contributed by atoms with Gasteiger partial charge in [0.15, 0.2) is 0 Å². The molecule has 0 aromatic heterocycles. The summed E-state index contributed by atoms with van der Waals surface area (Å²) < 4.78 is 6.15. The van der Waals surface area contributed by atoms with Crippen molar-refractivity contribution in [1.29, 1.82) is 0 Å². The Morgan fingerprint density at radius 3 is 1.45 bits per heavy atom. The summed E-state index contributed by atoms with van der Waals surface area (Å²) in [5, 5.41) is 21.9. The topological polar surface area (TPSA) is 52.9 Å². The molecule has 0 saturated carbocycles. The van der Waals surface area contributed by atoms with Crippen molar-refractivity contribution < 1.29 is 14.9 Å². The third-order valence-electron chi connectivity index (χ3n) is 5.08. The first-order chi connectivity index (χ1) is 14.5. The van der Waals surface area contributed by atoms with Crippen molar-refractivity contribution in [2.75, 3.05) is 4.90 Å². The molecule has 2 N–H and O–H groups in total. The molecule has 0 atom stereocenters. The van der Waals surface area contributed by atoms with E-state index in [4.69, 9.17) is 4.74 Å². The highest BCUT2D eigenvalue weighted by molar-refractivity contribution is 5.84. The van der Waals surface area contributed by atoms with Crippen molar-refractivity contribution in [2.45, 2.75) is 58.8 Å². The largest absolute Gasteiger partial charge is 0.489 e. The van der Waals surface area contributed by atoms with E-state index in [1.807, 2.05) is 86.6 Å². The van der Waals surface area contributed by atoms with E-state index in [0.29, 0.717) is 0 Å². The molecule has 31 heavy (non-hydrogen) atoms. The summed E-state index contributed by atoms with van der Waals surface area (Å²) in [6.45, 7) is 11.1. The van der Waals surface area contributed by atoms with Crippen molar-refractivity contribution in [3.8, 4) is 5.75 Å². The highest BCUT2D eigenvalue weighted by Gasteiger charge is 2.30. The maximum absolute atomic E-state index is 10.9. The lowest BCUT2D eigenvalue weighted by atomic mass is 9.92. The second-order valence-electron chi connectivity index (χ2n) is 9.12. The van der Waals surface area contributed by atoms with Gasteiger partial charge in [0, 0.05) is 11.1 Å². The molecule has 0 unspecified atom stereocenters. The minimum atomic E-state index is -1.06. The molecule has 0 saturated heterocycles. The summed E-state index contributed by atoms with van der Waals surface area (Å²) >= 11 is 0. The van der Waals surface area contributed by atoms with E-state index in [-0.39, 0.29) is 6.10 Å². The molecule has 0 aliphatic rings. The van der Waals surface area contributed by atoms with Gasteiger partial charge in [0.2, 0.25) is 0 Å². The van der Waals surface area contributed by atoms with Crippen molar-refractivity contribution in [3.63, 3.8) is 0 Å². The molecule has 3 aromatic carbocycles. The summed E-state index contributed by atoms with van der Waals surface area (Å²) in [6.07, 6.45) is -0.00273. The van der Waals surface area contributed by atoms with Gasteiger partial charge in [-0.3, -0.25) is 0 Å². The van der Waals surface area contributed by atoms with Gasteiger partial charge in [0.05, 0.1) is 34.4 Å². The Morgan fingerprint density at radius 1 is 0.645 bits per heavy atom. The zero-order valence-electron chi connectivity index (χ0n) is 19.3. The molecule has 0 aliphatic carbocycles. The van der Waals surface area contributed by atoms with E-state index in [2.05, 4.69) is 4.90 Å². The molecular formula is C27H33NO3. The normalized spacial score (nSPS) is 12.2. The lowest BCUT2D eigenvalue weighted by Crippen LogP contribution is -2.25. The number of ether oxygens (including phenoxy) is 1. The lowest BCUT2D eigenvalue weighted by molar-refractivity contribution is 0.0789. The van der Waals surface area contributed by atoms with Crippen LogP contribution in [0.3, 0.4) is 0 Å². The Labute approximate surface area is 185 Å². The van der Waals surface area contributed by atoms with Crippen LogP contribution in [0.4, 0.5) is 17.1 Å². The predicted molar refractivity (Wildman–Crippen MR) is 127 cm³/mol. The van der Waals surface area contributed by atoms with Gasteiger partial charge in [0.1, 0.15) is 5.75 Å².